The van der Waals surface area contributed by atoms with Crippen LogP contribution in [0.15, 0.2) is 0 Å². The molecule has 2 nitrogen and oxygen atoms in total. The minimum absolute atomic E-state index is 0.462. The molecule has 2 heteroatoms. The van der Waals surface area contributed by atoms with Crippen molar-refractivity contribution in [3.63, 3.8) is 0 Å². The lowest BCUT2D eigenvalue weighted by Crippen LogP contribution is -2.52. The Morgan fingerprint density at radius 1 is 1.47 bits per heavy atom. The second kappa shape index (κ2) is 4.42. The van der Waals surface area contributed by atoms with Gasteiger partial charge in [0.2, 0.25) is 0 Å². The highest BCUT2D eigenvalue weighted by Crippen LogP contribution is 2.39. The largest absolute Gasteiger partial charge is 0.311 e. The van der Waals surface area contributed by atoms with E-state index in [2.05, 4.69) is 31.0 Å². The molecule has 2 saturated heterocycles. The van der Waals surface area contributed by atoms with Crippen LogP contribution < -0.4 is 5.32 Å². The molecule has 0 aromatic rings. The molecular formula is C13H26N2. The predicted octanol–water partition coefficient (Wildman–Crippen LogP) is 2.11. The van der Waals surface area contributed by atoms with Crippen LogP contribution in [0.2, 0.25) is 0 Å². The highest BCUT2D eigenvalue weighted by Gasteiger charge is 2.45. The Balaban J connectivity index is 2.06. The maximum Gasteiger partial charge on any atom is 0.0245 e. The van der Waals surface area contributed by atoms with Crippen molar-refractivity contribution in [1.29, 1.82) is 0 Å². The number of nitrogens with one attached hydrogen (secondary N) is 1. The molecule has 0 aliphatic carbocycles. The van der Waals surface area contributed by atoms with Gasteiger partial charge in [0.05, 0.1) is 0 Å². The SMILES string of the molecule is CCN1CCC(C2(C(C)C)CCCN2)C1. The molecule has 0 aromatic heterocycles. The molecule has 0 saturated carbocycles. The van der Waals surface area contributed by atoms with Crippen molar-refractivity contribution < 1.29 is 0 Å². The number of hydrogen-bond donors (Lipinski definition) is 1. The minimum atomic E-state index is 0.462. The van der Waals surface area contributed by atoms with Gasteiger partial charge < -0.3 is 10.2 Å². The zero-order valence-electron chi connectivity index (χ0n) is 10.6. The van der Waals surface area contributed by atoms with Crippen LogP contribution in [0.5, 0.6) is 0 Å². The second-order valence-corrected chi connectivity index (χ2v) is 5.60. The summed E-state index contributed by atoms with van der Waals surface area (Å²) in [5.41, 5.74) is 0.462. The van der Waals surface area contributed by atoms with Gasteiger partial charge in [-0.2, -0.15) is 0 Å². The molecule has 15 heavy (non-hydrogen) atoms. The van der Waals surface area contributed by atoms with Gasteiger partial charge in [-0.05, 0) is 50.7 Å². The molecule has 0 aromatic carbocycles. The Morgan fingerprint density at radius 3 is 2.73 bits per heavy atom. The molecule has 2 aliphatic rings. The van der Waals surface area contributed by atoms with Crippen molar-refractivity contribution in [3.05, 3.63) is 0 Å². The van der Waals surface area contributed by atoms with E-state index in [9.17, 15) is 0 Å². The molecule has 2 aliphatic heterocycles. The number of hydrogen-bond acceptors (Lipinski definition) is 2. The summed E-state index contributed by atoms with van der Waals surface area (Å²) in [5, 5.41) is 3.83. The molecule has 2 heterocycles. The lowest BCUT2D eigenvalue weighted by Gasteiger charge is -2.40. The number of likely N-dealkylation sites (tertiary alicyclic amines) is 1. The van der Waals surface area contributed by atoms with Crippen molar-refractivity contribution >= 4 is 0 Å². The summed E-state index contributed by atoms with van der Waals surface area (Å²) in [7, 11) is 0. The summed E-state index contributed by atoms with van der Waals surface area (Å²) in [5.74, 6) is 1.67. The van der Waals surface area contributed by atoms with Gasteiger partial charge in [-0.3, -0.25) is 0 Å². The number of rotatable bonds is 3. The van der Waals surface area contributed by atoms with Gasteiger partial charge in [0.15, 0.2) is 0 Å². The molecule has 2 rings (SSSR count). The van der Waals surface area contributed by atoms with Crippen molar-refractivity contribution in [2.75, 3.05) is 26.2 Å². The van der Waals surface area contributed by atoms with Crippen molar-refractivity contribution in [1.82, 2.24) is 10.2 Å². The van der Waals surface area contributed by atoms with Gasteiger partial charge in [-0.1, -0.05) is 20.8 Å². The maximum atomic E-state index is 3.83. The van der Waals surface area contributed by atoms with E-state index < -0.39 is 0 Å². The highest BCUT2D eigenvalue weighted by atomic mass is 15.2. The Labute approximate surface area is 94.4 Å². The summed E-state index contributed by atoms with van der Waals surface area (Å²) in [6.45, 7) is 12.2. The molecule has 0 bridgehead atoms. The van der Waals surface area contributed by atoms with Gasteiger partial charge in [0.25, 0.3) is 0 Å². The Morgan fingerprint density at radius 2 is 2.27 bits per heavy atom. The van der Waals surface area contributed by atoms with Crippen LogP contribution in [0.1, 0.15) is 40.0 Å². The first-order valence-corrected chi connectivity index (χ1v) is 6.66. The first kappa shape index (κ1) is 11.4. The van der Waals surface area contributed by atoms with E-state index in [-0.39, 0.29) is 0 Å². The van der Waals surface area contributed by atoms with Gasteiger partial charge >= 0.3 is 0 Å². The predicted molar refractivity (Wildman–Crippen MR) is 65.0 cm³/mol. The molecule has 0 spiro atoms. The summed E-state index contributed by atoms with van der Waals surface area (Å²) in [4.78, 5) is 2.61. The summed E-state index contributed by atoms with van der Waals surface area (Å²) < 4.78 is 0. The van der Waals surface area contributed by atoms with E-state index in [1.807, 2.05) is 0 Å². The Kier molecular flexibility index (Phi) is 3.36. The lowest BCUT2D eigenvalue weighted by atomic mass is 9.74. The first-order chi connectivity index (χ1) is 7.19. The zero-order valence-corrected chi connectivity index (χ0v) is 10.6. The maximum absolute atomic E-state index is 3.83. The zero-order chi connectivity index (χ0) is 10.9. The molecule has 0 amide bonds. The topological polar surface area (TPSA) is 15.3 Å². The van der Waals surface area contributed by atoms with Crippen LogP contribution in [-0.4, -0.2) is 36.6 Å². The normalized spacial score (nSPS) is 38.0. The average Bonchev–Trinajstić information content (AvgIpc) is 2.87. The molecule has 0 radical (unpaired) electrons. The quantitative estimate of drug-likeness (QED) is 0.767. The van der Waals surface area contributed by atoms with E-state index in [4.69, 9.17) is 0 Å². The van der Waals surface area contributed by atoms with Gasteiger partial charge in [-0.15, -0.1) is 0 Å². The van der Waals surface area contributed by atoms with Crippen molar-refractivity contribution in [2.24, 2.45) is 11.8 Å². The van der Waals surface area contributed by atoms with Crippen LogP contribution in [-0.2, 0) is 0 Å². The second-order valence-electron chi connectivity index (χ2n) is 5.60. The smallest absolute Gasteiger partial charge is 0.0245 e. The van der Waals surface area contributed by atoms with E-state index in [0.29, 0.717) is 5.54 Å². The summed E-state index contributed by atoms with van der Waals surface area (Å²) in [6, 6.07) is 0. The third-order valence-electron chi connectivity index (χ3n) is 4.70. The monoisotopic (exact) mass is 210 g/mol. The van der Waals surface area contributed by atoms with E-state index in [0.717, 1.165) is 11.8 Å². The summed E-state index contributed by atoms with van der Waals surface area (Å²) >= 11 is 0. The molecule has 2 fully saturated rings. The Hall–Kier alpha value is -0.0800. The fourth-order valence-corrected chi connectivity index (χ4v) is 3.64. The van der Waals surface area contributed by atoms with Gasteiger partial charge in [0.1, 0.15) is 0 Å². The molecule has 2 atom stereocenters. The average molecular weight is 210 g/mol. The molecule has 2 unspecified atom stereocenters. The van der Waals surface area contributed by atoms with Crippen molar-refractivity contribution in [3.8, 4) is 0 Å². The number of nitrogens with zero attached hydrogens (tertiary/aromatic N) is 1. The van der Waals surface area contributed by atoms with Gasteiger partial charge in [-0.25, -0.2) is 0 Å². The third kappa shape index (κ3) is 1.94. The third-order valence-corrected chi connectivity index (χ3v) is 4.70. The fourth-order valence-electron chi connectivity index (χ4n) is 3.64. The lowest BCUT2D eigenvalue weighted by molar-refractivity contribution is 0.167. The highest BCUT2D eigenvalue weighted by molar-refractivity contribution is 5.03. The van der Waals surface area contributed by atoms with Crippen LogP contribution in [0, 0.1) is 11.8 Å². The fraction of sp³-hybridized carbons (Fsp3) is 1.00. The summed E-state index contributed by atoms with van der Waals surface area (Å²) in [6.07, 6.45) is 4.17. The van der Waals surface area contributed by atoms with E-state index in [1.54, 1.807) is 0 Å². The van der Waals surface area contributed by atoms with Crippen molar-refractivity contribution in [2.45, 2.75) is 45.6 Å². The molecule has 88 valence electrons. The first-order valence-electron chi connectivity index (χ1n) is 6.66. The van der Waals surface area contributed by atoms with Crippen LogP contribution in [0.3, 0.4) is 0 Å². The van der Waals surface area contributed by atoms with E-state index >= 15 is 0 Å². The Bertz CT molecular complexity index is 207. The van der Waals surface area contributed by atoms with E-state index in [1.165, 1.54) is 45.4 Å². The minimum Gasteiger partial charge on any atom is -0.311 e. The standard InChI is InChI=1S/C13H26N2/c1-4-15-9-6-12(10-15)13(11(2)3)7-5-8-14-13/h11-12,14H,4-10H2,1-3H3. The molecular weight excluding hydrogens is 184 g/mol. The van der Waals surface area contributed by atoms with Crippen LogP contribution in [0.4, 0.5) is 0 Å². The van der Waals surface area contributed by atoms with Gasteiger partial charge in [0, 0.05) is 12.1 Å². The van der Waals surface area contributed by atoms with Crippen LogP contribution >= 0.6 is 0 Å². The molecule has 1 N–H and O–H groups in total. The van der Waals surface area contributed by atoms with Crippen LogP contribution in [0.25, 0.3) is 0 Å².